The van der Waals surface area contributed by atoms with Crippen LogP contribution in [-0.4, -0.2) is 24.0 Å². The summed E-state index contributed by atoms with van der Waals surface area (Å²) < 4.78 is 40.9. The number of nitrogens with zero attached hydrogens (tertiary/aromatic N) is 2. The summed E-state index contributed by atoms with van der Waals surface area (Å²) in [5.74, 6) is -2.04. The van der Waals surface area contributed by atoms with E-state index < -0.39 is 11.6 Å². The van der Waals surface area contributed by atoms with Gasteiger partial charge in [-0.1, -0.05) is 17.4 Å². The van der Waals surface area contributed by atoms with Crippen molar-refractivity contribution < 1.29 is 18.0 Å². The van der Waals surface area contributed by atoms with E-state index in [9.17, 15) is 18.0 Å². The molecular formula is C20H18F3N3OS. The number of aromatic nitrogens is 1. The Kier molecular flexibility index (Phi) is 5.21. The number of piperidine rings is 1. The molecule has 8 heteroatoms. The van der Waals surface area contributed by atoms with E-state index in [0.29, 0.717) is 6.54 Å². The van der Waals surface area contributed by atoms with Gasteiger partial charge in [-0.3, -0.25) is 4.79 Å². The molecule has 0 saturated carbocycles. The number of anilines is 1. The highest BCUT2D eigenvalue weighted by atomic mass is 32.1. The fourth-order valence-corrected chi connectivity index (χ4v) is 4.40. The third kappa shape index (κ3) is 3.96. The number of hydrogen-bond donors (Lipinski definition) is 1. The maximum atomic E-state index is 13.7. The predicted molar refractivity (Wildman–Crippen MR) is 103 cm³/mol. The van der Waals surface area contributed by atoms with Gasteiger partial charge in [0, 0.05) is 31.3 Å². The molecule has 2 aromatic carbocycles. The van der Waals surface area contributed by atoms with Crippen LogP contribution in [0.4, 0.5) is 18.3 Å². The molecule has 1 aliphatic rings. The Hall–Kier alpha value is -2.61. The van der Waals surface area contributed by atoms with E-state index in [1.54, 1.807) is 6.07 Å². The Morgan fingerprint density at radius 1 is 1.18 bits per heavy atom. The molecule has 4 rings (SSSR count). The van der Waals surface area contributed by atoms with Crippen LogP contribution in [0.5, 0.6) is 0 Å². The average molecular weight is 405 g/mol. The van der Waals surface area contributed by atoms with Crippen LogP contribution in [-0.2, 0) is 11.3 Å². The molecule has 0 radical (unpaired) electrons. The standard InChI is InChI=1S/C20H18F3N3OS/c21-14-4-3-12(16(23)8-14)10-24-19(27)13-2-1-7-26(11-13)20-25-17-6-5-15(22)9-18(17)28-20/h3-6,8-9,13H,1-2,7,10-11H2,(H,24,27). The monoisotopic (exact) mass is 405 g/mol. The van der Waals surface area contributed by atoms with Crippen molar-refractivity contribution in [3.05, 3.63) is 59.4 Å². The molecule has 146 valence electrons. The third-order valence-electron chi connectivity index (χ3n) is 4.87. The molecular weight excluding hydrogens is 387 g/mol. The van der Waals surface area contributed by atoms with E-state index in [4.69, 9.17) is 0 Å². The van der Waals surface area contributed by atoms with Gasteiger partial charge in [0.25, 0.3) is 0 Å². The van der Waals surface area contributed by atoms with Crippen molar-refractivity contribution in [3.8, 4) is 0 Å². The predicted octanol–water partition coefficient (Wildman–Crippen LogP) is 4.25. The van der Waals surface area contributed by atoms with Crippen LogP contribution in [0, 0.1) is 23.4 Å². The topological polar surface area (TPSA) is 45.2 Å². The summed E-state index contributed by atoms with van der Waals surface area (Å²) >= 11 is 1.40. The van der Waals surface area contributed by atoms with Gasteiger partial charge >= 0.3 is 0 Å². The molecule has 1 unspecified atom stereocenters. The number of carbonyl (C=O) groups is 1. The van der Waals surface area contributed by atoms with E-state index in [0.717, 1.165) is 40.8 Å². The van der Waals surface area contributed by atoms with Gasteiger partial charge in [0.2, 0.25) is 5.91 Å². The van der Waals surface area contributed by atoms with E-state index in [1.807, 2.05) is 4.90 Å². The van der Waals surface area contributed by atoms with Gasteiger partial charge in [-0.15, -0.1) is 0 Å². The number of amides is 1. The fraction of sp³-hybridized carbons (Fsp3) is 0.300. The molecule has 1 saturated heterocycles. The minimum Gasteiger partial charge on any atom is -0.352 e. The van der Waals surface area contributed by atoms with E-state index >= 15 is 0 Å². The van der Waals surface area contributed by atoms with Crippen LogP contribution in [0.25, 0.3) is 10.2 Å². The van der Waals surface area contributed by atoms with Crippen molar-refractivity contribution in [3.63, 3.8) is 0 Å². The lowest BCUT2D eigenvalue weighted by Crippen LogP contribution is -2.43. The Labute approximate surface area is 164 Å². The summed E-state index contributed by atoms with van der Waals surface area (Å²) in [4.78, 5) is 19.1. The summed E-state index contributed by atoms with van der Waals surface area (Å²) in [7, 11) is 0. The molecule has 1 N–H and O–H groups in total. The number of hydrogen-bond acceptors (Lipinski definition) is 4. The molecule has 1 fully saturated rings. The first-order valence-electron chi connectivity index (χ1n) is 9.02. The second kappa shape index (κ2) is 7.79. The van der Waals surface area contributed by atoms with Crippen molar-refractivity contribution in [1.29, 1.82) is 0 Å². The summed E-state index contributed by atoms with van der Waals surface area (Å²) in [5, 5.41) is 3.51. The number of nitrogens with one attached hydrogen (secondary N) is 1. The number of benzene rings is 2. The van der Waals surface area contributed by atoms with E-state index in [-0.39, 0.29) is 29.8 Å². The SMILES string of the molecule is O=C(NCc1ccc(F)cc1F)C1CCCN(c2nc3ccc(F)cc3s2)C1. The molecule has 2 heterocycles. The van der Waals surface area contributed by atoms with Gasteiger partial charge in [-0.25, -0.2) is 18.2 Å². The van der Waals surface area contributed by atoms with Gasteiger partial charge in [0.15, 0.2) is 5.13 Å². The highest BCUT2D eigenvalue weighted by Crippen LogP contribution is 2.32. The molecule has 4 nitrogen and oxygen atoms in total. The minimum atomic E-state index is -0.674. The average Bonchev–Trinajstić information content (AvgIpc) is 3.10. The van der Waals surface area contributed by atoms with Crippen LogP contribution < -0.4 is 10.2 Å². The number of fused-ring (bicyclic) bond motifs is 1. The summed E-state index contributed by atoms with van der Waals surface area (Å²) in [5.41, 5.74) is 0.982. The largest absolute Gasteiger partial charge is 0.352 e. The molecule has 0 bridgehead atoms. The van der Waals surface area contributed by atoms with Crippen molar-refractivity contribution in [2.75, 3.05) is 18.0 Å². The highest BCUT2D eigenvalue weighted by molar-refractivity contribution is 7.22. The fourth-order valence-electron chi connectivity index (χ4n) is 3.38. The smallest absolute Gasteiger partial charge is 0.225 e. The molecule has 3 aromatic rings. The molecule has 28 heavy (non-hydrogen) atoms. The lowest BCUT2D eigenvalue weighted by Gasteiger charge is -2.31. The lowest BCUT2D eigenvalue weighted by atomic mass is 9.97. The molecule has 1 amide bonds. The normalized spacial score (nSPS) is 17.1. The van der Waals surface area contributed by atoms with Crippen molar-refractivity contribution in [2.24, 2.45) is 5.92 Å². The van der Waals surface area contributed by atoms with Crippen LogP contribution in [0.3, 0.4) is 0 Å². The van der Waals surface area contributed by atoms with Crippen LogP contribution in [0.15, 0.2) is 36.4 Å². The highest BCUT2D eigenvalue weighted by Gasteiger charge is 2.27. The van der Waals surface area contributed by atoms with E-state index in [2.05, 4.69) is 10.3 Å². The first kappa shape index (κ1) is 18.7. The number of carbonyl (C=O) groups excluding carboxylic acids is 1. The van der Waals surface area contributed by atoms with Gasteiger partial charge in [0.1, 0.15) is 17.5 Å². The molecule has 1 aromatic heterocycles. The summed E-state index contributed by atoms with van der Waals surface area (Å²) in [6.45, 7) is 1.29. The zero-order valence-electron chi connectivity index (χ0n) is 14.9. The van der Waals surface area contributed by atoms with Gasteiger partial charge in [0.05, 0.1) is 16.1 Å². The second-order valence-corrected chi connectivity index (χ2v) is 7.86. The molecule has 1 atom stereocenters. The summed E-state index contributed by atoms with van der Waals surface area (Å²) in [6, 6.07) is 7.80. The first-order chi connectivity index (χ1) is 13.5. The zero-order valence-corrected chi connectivity index (χ0v) is 15.7. The second-order valence-electron chi connectivity index (χ2n) is 6.85. The van der Waals surface area contributed by atoms with Gasteiger partial charge in [-0.2, -0.15) is 0 Å². The Morgan fingerprint density at radius 2 is 1.96 bits per heavy atom. The lowest BCUT2D eigenvalue weighted by molar-refractivity contribution is -0.125. The number of rotatable bonds is 4. The van der Waals surface area contributed by atoms with Gasteiger partial charge < -0.3 is 10.2 Å². The number of halogens is 3. The summed E-state index contributed by atoms with van der Waals surface area (Å²) in [6.07, 6.45) is 1.56. The van der Waals surface area contributed by atoms with E-state index in [1.165, 1.54) is 35.6 Å². The van der Waals surface area contributed by atoms with Crippen LogP contribution in [0.2, 0.25) is 0 Å². The minimum absolute atomic E-state index is 0.0157. The molecule has 0 spiro atoms. The van der Waals surface area contributed by atoms with Crippen molar-refractivity contribution in [2.45, 2.75) is 19.4 Å². The van der Waals surface area contributed by atoms with Gasteiger partial charge in [-0.05, 0) is 37.1 Å². The Bertz CT molecular complexity index is 1020. The quantitative estimate of drug-likeness (QED) is 0.706. The van der Waals surface area contributed by atoms with Crippen molar-refractivity contribution >= 4 is 32.6 Å². The number of thiazole rings is 1. The first-order valence-corrected chi connectivity index (χ1v) is 9.84. The molecule has 1 aliphatic heterocycles. The maximum absolute atomic E-state index is 13.7. The third-order valence-corrected chi connectivity index (χ3v) is 5.95. The van der Waals surface area contributed by atoms with Crippen LogP contribution >= 0.6 is 11.3 Å². The molecule has 0 aliphatic carbocycles. The Balaban J connectivity index is 1.41. The van der Waals surface area contributed by atoms with Crippen molar-refractivity contribution in [1.82, 2.24) is 10.3 Å². The van der Waals surface area contributed by atoms with Crippen LogP contribution in [0.1, 0.15) is 18.4 Å². The Morgan fingerprint density at radius 3 is 2.79 bits per heavy atom. The zero-order chi connectivity index (χ0) is 19.7. The maximum Gasteiger partial charge on any atom is 0.225 e.